The molecule has 1 fully saturated rings. The van der Waals surface area contributed by atoms with Crippen LogP contribution in [0.5, 0.6) is 11.5 Å². The van der Waals surface area contributed by atoms with E-state index in [0.717, 1.165) is 39.1 Å². The molecule has 0 bridgehead atoms. The van der Waals surface area contributed by atoms with Gasteiger partial charge < -0.3 is 19.7 Å². The van der Waals surface area contributed by atoms with Crippen LogP contribution < -0.4 is 14.8 Å². The molecule has 1 aliphatic rings. The van der Waals surface area contributed by atoms with Crippen molar-refractivity contribution >= 4 is 5.69 Å². The summed E-state index contributed by atoms with van der Waals surface area (Å²) in [5, 5.41) is 3.34. The van der Waals surface area contributed by atoms with E-state index >= 15 is 0 Å². The third-order valence-corrected chi connectivity index (χ3v) is 3.36. The van der Waals surface area contributed by atoms with Crippen LogP contribution in [0.1, 0.15) is 6.42 Å². The fourth-order valence-corrected chi connectivity index (χ4v) is 2.25. The third kappa shape index (κ3) is 4.12. The Morgan fingerprint density at radius 1 is 1.30 bits per heavy atom. The van der Waals surface area contributed by atoms with Crippen molar-refractivity contribution in [2.75, 3.05) is 46.4 Å². The summed E-state index contributed by atoms with van der Waals surface area (Å²) >= 11 is 0. The van der Waals surface area contributed by atoms with E-state index in [9.17, 15) is 0 Å². The van der Waals surface area contributed by atoms with Gasteiger partial charge in [0.1, 0.15) is 5.75 Å². The van der Waals surface area contributed by atoms with Crippen LogP contribution in [-0.2, 0) is 0 Å². The third-order valence-electron chi connectivity index (χ3n) is 3.36. The molecule has 2 rings (SSSR count). The number of rotatable bonds is 6. The average molecular weight is 275 g/mol. The van der Waals surface area contributed by atoms with E-state index in [0.29, 0.717) is 23.8 Å². The van der Waals surface area contributed by atoms with Gasteiger partial charge in [-0.1, -0.05) is 6.07 Å². The molecule has 5 nitrogen and oxygen atoms in total. The van der Waals surface area contributed by atoms with Crippen LogP contribution in [0.3, 0.4) is 0 Å². The summed E-state index contributed by atoms with van der Waals surface area (Å²) < 4.78 is 11.0. The minimum Gasteiger partial charge on any atom is -0.494 e. The van der Waals surface area contributed by atoms with E-state index in [1.165, 1.54) is 0 Å². The molecule has 1 aromatic rings. The standard InChI is InChI=1S/C15H21N3O2/c1-16-13-4-5-14(15(12-13)19-2)20-11-3-8-18-9-6-17-7-10-18/h4-5,12,17H,3,6-11H2,2H3. The molecule has 20 heavy (non-hydrogen) atoms. The Labute approximate surface area is 120 Å². The maximum atomic E-state index is 6.99. The van der Waals surface area contributed by atoms with Gasteiger partial charge in [-0.2, -0.15) is 0 Å². The molecule has 0 radical (unpaired) electrons. The molecule has 1 heterocycles. The topological polar surface area (TPSA) is 38.1 Å². The molecule has 5 heteroatoms. The van der Waals surface area contributed by atoms with Gasteiger partial charge in [0.15, 0.2) is 11.4 Å². The van der Waals surface area contributed by atoms with Gasteiger partial charge >= 0.3 is 0 Å². The number of ether oxygens (including phenoxy) is 2. The number of benzene rings is 1. The minimum atomic E-state index is 0.565. The monoisotopic (exact) mass is 275 g/mol. The first-order valence-electron chi connectivity index (χ1n) is 6.95. The van der Waals surface area contributed by atoms with Crippen molar-refractivity contribution in [3.63, 3.8) is 0 Å². The molecule has 0 aliphatic carbocycles. The highest BCUT2D eigenvalue weighted by molar-refractivity contribution is 5.55. The number of nitrogens with zero attached hydrogens (tertiary/aromatic N) is 2. The number of methoxy groups -OCH3 is 1. The van der Waals surface area contributed by atoms with E-state index in [2.05, 4.69) is 15.1 Å². The maximum absolute atomic E-state index is 6.99. The summed E-state index contributed by atoms with van der Waals surface area (Å²) in [6.45, 7) is 13.1. The van der Waals surface area contributed by atoms with Crippen LogP contribution in [0.25, 0.3) is 4.85 Å². The smallest absolute Gasteiger partial charge is 0.191 e. The Morgan fingerprint density at radius 2 is 2.10 bits per heavy atom. The van der Waals surface area contributed by atoms with E-state index in [4.69, 9.17) is 16.0 Å². The lowest BCUT2D eigenvalue weighted by atomic mass is 10.3. The normalized spacial score (nSPS) is 15.6. The number of nitrogens with one attached hydrogen (secondary N) is 1. The highest BCUT2D eigenvalue weighted by atomic mass is 16.5. The van der Waals surface area contributed by atoms with Gasteiger partial charge in [0.25, 0.3) is 0 Å². The predicted molar refractivity (Wildman–Crippen MR) is 78.7 cm³/mol. The van der Waals surface area contributed by atoms with Crippen LogP contribution >= 0.6 is 0 Å². The van der Waals surface area contributed by atoms with E-state index in [1.807, 2.05) is 0 Å². The summed E-state index contributed by atoms with van der Waals surface area (Å²) in [6, 6.07) is 5.26. The predicted octanol–water partition coefficient (Wildman–Crippen LogP) is 1.92. The van der Waals surface area contributed by atoms with Gasteiger partial charge in [-0.3, -0.25) is 0 Å². The molecule has 0 atom stereocenters. The van der Waals surface area contributed by atoms with Gasteiger partial charge in [-0.15, -0.1) is 0 Å². The van der Waals surface area contributed by atoms with E-state index in [-0.39, 0.29) is 0 Å². The van der Waals surface area contributed by atoms with Gasteiger partial charge in [0.2, 0.25) is 0 Å². The summed E-state index contributed by atoms with van der Waals surface area (Å²) in [6.07, 6.45) is 0.994. The maximum Gasteiger partial charge on any atom is 0.191 e. The lowest BCUT2D eigenvalue weighted by molar-refractivity contribution is 0.211. The first-order chi connectivity index (χ1) is 9.83. The zero-order valence-corrected chi connectivity index (χ0v) is 11.9. The van der Waals surface area contributed by atoms with Crippen LogP contribution in [0.2, 0.25) is 0 Å². The molecule has 0 spiro atoms. The zero-order chi connectivity index (χ0) is 14.2. The molecule has 108 valence electrons. The van der Waals surface area contributed by atoms with Gasteiger partial charge in [-0.25, -0.2) is 4.85 Å². The summed E-state index contributed by atoms with van der Waals surface area (Å²) in [5.74, 6) is 1.33. The number of piperazine rings is 1. The fraction of sp³-hybridized carbons (Fsp3) is 0.533. The van der Waals surface area contributed by atoms with Crippen molar-refractivity contribution in [1.82, 2.24) is 10.2 Å². The molecular weight excluding hydrogens is 254 g/mol. The number of hydrogen-bond donors (Lipinski definition) is 1. The quantitative estimate of drug-likeness (QED) is 0.636. The minimum absolute atomic E-state index is 0.565. The largest absolute Gasteiger partial charge is 0.494 e. The Morgan fingerprint density at radius 3 is 2.80 bits per heavy atom. The van der Waals surface area contributed by atoms with Crippen molar-refractivity contribution in [2.45, 2.75) is 6.42 Å². The van der Waals surface area contributed by atoms with E-state index in [1.54, 1.807) is 25.3 Å². The first-order valence-corrected chi connectivity index (χ1v) is 6.95. The fourth-order valence-electron chi connectivity index (χ4n) is 2.25. The van der Waals surface area contributed by atoms with Crippen LogP contribution in [0, 0.1) is 6.57 Å². The molecule has 0 saturated carbocycles. The van der Waals surface area contributed by atoms with Crippen LogP contribution in [0.15, 0.2) is 18.2 Å². The molecule has 0 aromatic heterocycles. The van der Waals surface area contributed by atoms with Gasteiger partial charge in [0.05, 0.1) is 20.3 Å². The second-order valence-electron chi connectivity index (χ2n) is 4.74. The SMILES string of the molecule is [C-]#[N+]c1ccc(OCCCN2CCNCC2)c(OC)c1. The Balaban J connectivity index is 1.77. The molecule has 0 amide bonds. The second-order valence-corrected chi connectivity index (χ2v) is 4.74. The second kappa shape index (κ2) is 7.73. The Hall–Kier alpha value is -1.77. The molecule has 0 unspecified atom stereocenters. The average Bonchev–Trinajstić information content (AvgIpc) is 2.52. The Bertz CT molecular complexity index is 465. The van der Waals surface area contributed by atoms with Crippen molar-refractivity contribution in [2.24, 2.45) is 0 Å². The summed E-state index contributed by atoms with van der Waals surface area (Å²) in [5.41, 5.74) is 0.565. The van der Waals surface area contributed by atoms with Crippen LogP contribution in [0.4, 0.5) is 5.69 Å². The van der Waals surface area contributed by atoms with Crippen molar-refractivity contribution in [1.29, 1.82) is 0 Å². The van der Waals surface area contributed by atoms with E-state index < -0.39 is 0 Å². The van der Waals surface area contributed by atoms with Crippen molar-refractivity contribution in [3.05, 3.63) is 29.6 Å². The highest BCUT2D eigenvalue weighted by Gasteiger charge is 2.09. The summed E-state index contributed by atoms with van der Waals surface area (Å²) in [7, 11) is 1.59. The lowest BCUT2D eigenvalue weighted by Crippen LogP contribution is -2.43. The molecule has 1 aliphatic heterocycles. The molecule has 1 aromatic carbocycles. The van der Waals surface area contributed by atoms with Gasteiger partial charge in [-0.05, 0) is 18.6 Å². The Kier molecular flexibility index (Phi) is 5.66. The molecule has 1 saturated heterocycles. The first kappa shape index (κ1) is 14.6. The number of hydrogen-bond acceptors (Lipinski definition) is 4. The lowest BCUT2D eigenvalue weighted by Gasteiger charge is -2.27. The van der Waals surface area contributed by atoms with Crippen molar-refractivity contribution in [3.8, 4) is 11.5 Å². The van der Waals surface area contributed by atoms with Crippen LogP contribution in [-0.4, -0.2) is 51.3 Å². The zero-order valence-electron chi connectivity index (χ0n) is 11.9. The highest BCUT2D eigenvalue weighted by Crippen LogP contribution is 2.31. The van der Waals surface area contributed by atoms with Gasteiger partial charge in [0, 0.05) is 32.7 Å². The summed E-state index contributed by atoms with van der Waals surface area (Å²) in [4.78, 5) is 5.82. The molecular formula is C15H21N3O2. The van der Waals surface area contributed by atoms with Crippen molar-refractivity contribution < 1.29 is 9.47 Å². The molecule has 1 N–H and O–H groups in total.